The van der Waals surface area contributed by atoms with E-state index in [2.05, 4.69) is 0 Å². The Morgan fingerprint density at radius 3 is 2.00 bits per heavy atom. The highest BCUT2D eigenvalue weighted by Gasteiger charge is 2.46. The van der Waals surface area contributed by atoms with Crippen LogP contribution in [0.25, 0.3) is 0 Å². The average molecular weight is 244 g/mol. The van der Waals surface area contributed by atoms with Crippen molar-refractivity contribution in [1.82, 2.24) is 0 Å². The van der Waals surface area contributed by atoms with Crippen molar-refractivity contribution in [3.05, 3.63) is 35.4 Å². The maximum absolute atomic E-state index is 12.2. The lowest BCUT2D eigenvalue weighted by atomic mass is 10.1. The quantitative estimate of drug-likeness (QED) is 0.827. The van der Waals surface area contributed by atoms with Crippen LogP contribution in [0.2, 0.25) is 0 Å². The van der Waals surface area contributed by atoms with Gasteiger partial charge in [-0.1, -0.05) is 29.8 Å². The van der Waals surface area contributed by atoms with Crippen molar-refractivity contribution < 1.29 is 18.7 Å². The molecule has 1 rings (SSSR count). The zero-order valence-electron chi connectivity index (χ0n) is 9.93. The van der Waals surface area contributed by atoms with Gasteiger partial charge in [0.15, 0.2) is 5.34 Å². The molecule has 0 radical (unpaired) electrons. The smallest absolute Gasteiger partial charge is 0.365 e. The van der Waals surface area contributed by atoms with Crippen molar-refractivity contribution in [3.8, 4) is 0 Å². The van der Waals surface area contributed by atoms with E-state index in [1.165, 1.54) is 21.1 Å². The minimum atomic E-state index is -3.57. The molecule has 1 N–H and O–H groups in total. The van der Waals surface area contributed by atoms with E-state index in [4.69, 9.17) is 9.05 Å². The van der Waals surface area contributed by atoms with E-state index in [1.807, 2.05) is 19.1 Å². The Labute approximate surface area is 95.7 Å². The number of aryl methyl sites for hydroxylation is 1. The van der Waals surface area contributed by atoms with Gasteiger partial charge >= 0.3 is 7.60 Å². The fourth-order valence-electron chi connectivity index (χ4n) is 1.46. The molecule has 0 heterocycles. The first-order chi connectivity index (χ1) is 7.37. The molecule has 1 aromatic rings. The van der Waals surface area contributed by atoms with Crippen molar-refractivity contribution in [1.29, 1.82) is 0 Å². The number of rotatable bonds is 4. The maximum Gasteiger partial charge on any atom is 0.365 e. The van der Waals surface area contributed by atoms with Crippen LogP contribution in [0.15, 0.2) is 24.3 Å². The first-order valence-corrected chi connectivity index (χ1v) is 6.43. The van der Waals surface area contributed by atoms with Gasteiger partial charge in [-0.2, -0.15) is 0 Å². The van der Waals surface area contributed by atoms with Crippen LogP contribution in [0.5, 0.6) is 0 Å². The molecule has 1 aromatic carbocycles. The van der Waals surface area contributed by atoms with Crippen molar-refractivity contribution in [2.24, 2.45) is 0 Å². The van der Waals surface area contributed by atoms with Crippen LogP contribution in [0.3, 0.4) is 0 Å². The third kappa shape index (κ3) is 2.20. The number of benzene rings is 1. The van der Waals surface area contributed by atoms with Crippen LogP contribution >= 0.6 is 7.60 Å². The van der Waals surface area contributed by atoms with Crippen molar-refractivity contribution in [2.75, 3.05) is 14.2 Å². The van der Waals surface area contributed by atoms with E-state index in [0.29, 0.717) is 5.56 Å². The first-order valence-electron chi connectivity index (χ1n) is 4.88. The maximum atomic E-state index is 12.2. The molecule has 4 nitrogen and oxygen atoms in total. The van der Waals surface area contributed by atoms with Gasteiger partial charge in [-0.25, -0.2) is 0 Å². The molecule has 0 spiro atoms. The lowest BCUT2D eigenvalue weighted by molar-refractivity contribution is 0.0932. The highest BCUT2D eigenvalue weighted by Crippen LogP contribution is 2.62. The largest absolute Gasteiger partial charge is 0.373 e. The Bertz CT molecular complexity index is 389. The molecular weight excluding hydrogens is 227 g/mol. The highest BCUT2D eigenvalue weighted by atomic mass is 31.2. The van der Waals surface area contributed by atoms with Gasteiger partial charge in [-0.05, 0) is 19.4 Å². The third-order valence-corrected chi connectivity index (χ3v) is 4.90. The predicted molar refractivity (Wildman–Crippen MR) is 62.4 cm³/mol. The Balaban J connectivity index is 3.19. The summed E-state index contributed by atoms with van der Waals surface area (Å²) in [5.41, 5.74) is 1.56. The molecule has 0 bridgehead atoms. The SMILES string of the molecule is COP(=O)(OC)C(C)(O)c1ccc(C)cc1. The summed E-state index contributed by atoms with van der Waals surface area (Å²) in [6.07, 6.45) is 0. The molecule has 0 saturated carbocycles. The van der Waals surface area contributed by atoms with Crippen LogP contribution in [0, 0.1) is 6.92 Å². The summed E-state index contributed by atoms with van der Waals surface area (Å²) in [6, 6.07) is 7.08. The fraction of sp³-hybridized carbons (Fsp3) is 0.455. The molecule has 0 aromatic heterocycles. The Hall–Kier alpha value is -0.670. The summed E-state index contributed by atoms with van der Waals surface area (Å²) < 4.78 is 21.8. The topological polar surface area (TPSA) is 55.8 Å². The van der Waals surface area contributed by atoms with E-state index in [9.17, 15) is 9.67 Å². The number of aliphatic hydroxyl groups is 1. The molecule has 1 unspecified atom stereocenters. The molecule has 0 aliphatic heterocycles. The van der Waals surface area contributed by atoms with Gasteiger partial charge in [0.2, 0.25) is 0 Å². The van der Waals surface area contributed by atoms with Gasteiger partial charge in [-0.15, -0.1) is 0 Å². The Kier molecular flexibility index (Phi) is 3.92. The van der Waals surface area contributed by atoms with Gasteiger partial charge in [0.1, 0.15) is 0 Å². The zero-order chi connectivity index (χ0) is 12.4. The monoisotopic (exact) mass is 244 g/mol. The van der Waals surface area contributed by atoms with Crippen molar-refractivity contribution in [3.63, 3.8) is 0 Å². The van der Waals surface area contributed by atoms with E-state index in [0.717, 1.165) is 5.56 Å². The summed E-state index contributed by atoms with van der Waals surface area (Å²) in [6.45, 7) is 3.36. The van der Waals surface area contributed by atoms with Gasteiger partial charge in [0, 0.05) is 14.2 Å². The van der Waals surface area contributed by atoms with Crippen LogP contribution in [0.1, 0.15) is 18.1 Å². The summed E-state index contributed by atoms with van der Waals surface area (Å²) in [7, 11) is -1.05. The molecule has 16 heavy (non-hydrogen) atoms. The van der Waals surface area contributed by atoms with Gasteiger partial charge in [-0.3, -0.25) is 4.57 Å². The van der Waals surface area contributed by atoms with E-state index < -0.39 is 12.9 Å². The summed E-state index contributed by atoms with van der Waals surface area (Å²) in [4.78, 5) is 0. The van der Waals surface area contributed by atoms with Gasteiger partial charge < -0.3 is 14.2 Å². The summed E-state index contributed by atoms with van der Waals surface area (Å²) >= 11 is 0. The standard InChI is InChI=1S/C11H17O4P/c1-9-5-7-10(8-6-9)11(2,12)16(13,14-3)15-4/h5-8,12H,1-4H3. The molecule has 0 aliphatic rings. The minimum Gasteiger partial charge on any atom is -0.373 e. The van der Waals surface area contributed by atoms with Crippen LogP contribution in [-0.2, 0) is 19.0 Å². The van der Waals surface area contributed by atoms with E-state index >= 15 is 0 Å². The molecule has 90 valence electrons. The molecule has 1 atom stereocenters. The Morgan fingerprint density at radius 2 is 1.62 bits per heavy atom. The highest BCUT2D eigenvalue weighted by molar-refractivity contribution is 7.54. The molecule has 5 heteroatoms. The molecule has 0 saturated heterocycles. The van der Waals surface area contributed by atoms with Crippen LogP contribution in [-0.4, -0.2) is 19.3 Å². The normalized spacial score (nSPS) is 15.8. The molecular formula is C11H17O4P. The number of hydrogen-bond acceptors (Lipinski definition) is 4. The van der Waals surface area contributed by atoms with E-state index in [1.54, 1.807) is 12.1 Å². The average Bonchev–Trinajstić information content (AvgIpc) is 2.28. The number of hydrogen-bond donors (Lipinski definition) is 1. The lowest BCUT2D eigenvalue weighted by Crippen LogP contribution is -2.23. The second-order valence-electron chi connectivity index (χ2n) is 3.75. The second-order valence-corrected chi connectivity index (χ2v) is 6.35. The summed E-state index contributed by atoms with van der Waals surface area (Å²) in [5, 5.41) is 8.63. The fourth-order valence-corrected chi connectivity index (χ4v) is 2.78. The minimum absolute atomic E-state index is 0.505. The second kappa shape index (κ2) is 4.68. The van der Waals surface area contributed by atoms with Crippen molar-refractivity contribution in [2.45, 2.75) is 19.2 Å². The predicted octanol–water partition coefficient (Wildman–Crippen LogP) is 2.65. The Morgan fingerprint density at radius 1 is 1.19 bits per heavy atom. The first kappa shape index (κ1) is 13.4. The third-order valence-electron chi connectivity index (χ3n) is 2.61. The van der Waals surface area contributed by atoms with Gasteiger partial charge in [0.25, 0.3) is 0 Å². The summed E-state index contributed by atoms with van der Waals surface area (Å²) in [5.74, 6) is 0. The molecule has 0 fully saturated rings. The zero-order valence-corrected chi connectivity index (χ0v) is 10.8. The lowest BCUT2D eigenvalue weighted by Gasteiger charge is -2.30. The van der Waals surface area contributed by atoms with Gasteiger partial charge in [0.05, 0.1) is 0 Å². The van der Waals surface area contributed by atoms with Crippen LogP contribution in [0.4, 0.5) is 0 Å². The van der Waals surface area contributed by atoms with Crippen LogP contribution < -0.4 is 0 Å². The molecule has 0 amide bonds. The van der Waals surface area contributed by atoms with Crippen molar-refractivity contribution >= 4 is 7.60 Å². The van der Waals surface area contributed by atoms with E-state index in [-0.39, 0.29) is 0 Å². The molecule has 0 aliphatic carbocycles.